The highest BCUT2D eigenvalue weighted by Gasteiger charge is 2.20. The van der Waals surface area contributed by atoms with Crippen molar-refractivity contribution < 1.29 is 14.7 Å². The standard InChI is InChI=1S/C10H18N2O3/c1-4-7-8(9(13)14)11-10(15)12(5-2)6-3/h4,8H,1,5-7H2,2-3H3,(H,11,15)(H,13,14). The average molecular weight is 214 g/mol. The van der Waals surface area contributed by atoms with Crippen LogP contribution in [0.4, 0.5) is 4.79 Å². The van der Waals surface area contributed by atoms with Gasteiger partial charge < -0.3 is 15.3 Å². The van der Waals surface area contributed by atoms with Crippen LogP contribution in [0.2, 0.25) is 0 Å². The molecule has 5 heteroatoms. The van der Waals surface area contributed by atoms with Crippen LogP contribution >= 0.6 is 0 Å². The van der Waals surface area contributed by atoms with Crippen LogP contribution in [-0.4, -0.2) is 41.1 Å². The lowest BCUT2D eigenvalue weighted by molar-refractivity contribution is -0.139. The van der Waals surface area contributed by atoms with Crippen molar-refractivity contribution in [2.24, 2.45) is 0 Å². The quantitative estimate of drug-likeness (QED) is 0.650. The highest BCUT2D eigenvalue weighted by Crippen LogP contribution is 1.96. The number of carbonyl (C=O) groups excluding carboxylic acids is 1. The van der Waals surface area contributed by atoms with Crippen LogP contribution in [-0.2, 0) is 4.79 Å². The van der Waals surface area contributed by atoms with Crippen molar-refractivity contribution in [2.45, 2.75) is 26.3 Å². The summed E-state index contributed by atoms with van der Waals surface area (Å²) in [5.41, 5.74) is 0. The van der Waals surface area contributed by atoms with Crippen LogP contribution < -0.4 is 5.32 Å². The number of carboxylic acid groups (broad SMARTS) is 1. The second kappa shape index (κ2) is 6.86. The van der Waals surface area contributed by atoms with Gasteiger partial charge in [-0.15, -0.1) is 6.58 Å². The summed E-state index contributed by atoms with van der Waals surface area (Å²) in [6.45, 7) is 8.24. The van der Waals surface area contributed by atoms with E-state index in [-0.39, 0.29) is 12.5 Å². The topological polar surface area (TPSA) is 69.6 Å². The Morgan fingerprint density at radius 3 is 2.33 bits per heavy atom. The molecule has 1 unspecified atom stereocenters. The lowest BCUT2D eigenvalue weighted by Crippen LogP contribution is -2.47. The lowest BCUT2D eigenvalue weighted by atomic mass is 10.2. The second-order valence-corrected chi connectivity index (χ2v) is 3.04. The summed E-state index contributed by atoms with van der Waals surface area (Å²) in [4.78, 5) is 23.8. The van der Waals surface area contributed by atoms with Gasteiger partial charge >= 0.3 is 12.0 Å². The Morgan fingerprint density at radius 2 is 2.00 bits per heavy atom. The molecule has 0 spiro atoms. The maximum Gasteiger partial charge on any atom is 0.326 e. The molecule has 0 aliphatic heterocycles. The van der Waals surface area contributed by atoms with E-state index >= 15 is 0 Å². The van der Waals surface area contributed by atoms with Gasteiger partial charge in [0.2, 0.25) is 0 Å². The minimum atomic E-state index is -1.05. The molecule has 2 amide bonds. The number of nitrogens with one attached hydrogen (secondary N) is 1. The smallest absolute Gasteiger partial charge is 0.326 e. The monoisotopic (exact) mass is 214 g/mol. The van der Waals surface area contributed by atoms with Gasteiger partial charge in [0.25, 0.3) is 0 Å². The molecular weight excluding hydrogens is 196 g/mol. The van der Waals surface area contributed by atoms with Gasteiger partial charge in [0, 0.05) is 13.1 Å². The van der Waals surface area contributed by atoms with Crippen LogP contribution in [0.15, 0.2) is 12.7 Å². The van der Waals surface area contributed by atoms with Gasteiger partial charge in [-0.3, -0.25) is 0 Å². The fraction of sp³-hybridized carbons (Fsp3) is 0.600. The van der Waals surface area contributed by atoms with E-state index in [1.807, 2.05) is 13.8 Å². The molecule has 0 aromatic rings. The van der Waals surface area contributed by atoms with E-state index in [0.717, 1.165) is 0 Å². The minimum absolute atomic E-state index is 0.225. The van der Waals surface area contributed by atoms with Crippen LogP contribution in [0.25, 0.3) is 0 Å². The Hall–Kier alpha value is -1.52. The Bertz CT molecular complexity index is 237. The normalized spacial score (nSPS) is 11.6. The van der Waals surface area contributed by atoms with Gasteiger partial charge in [-0.25, -0.2) is 9.59 Å². The van der Waals surface area contributed by atoms with E-state index in [1.54, 1.807) is 0 Å². The first-order valence-corrected chi connectivity index (χ1v) is 4.95. The molecule has 0 aliphatic rings. The fourth-order valence-electron chi connectivity index (χ4n) is 1.14. The Labute approximate surface area is 89.8 Å². The highest BCUT2D eigenvalue weighted by molar-refractivity contribution is 5.82. The van der Waals surface area contributed by atoms with Gasteiger partial charge in [-0.05, 0) is 20.3 Å². The van der Waals surface area contributed by atoms with E-state index in [4.69, 9.17) is 5.11 Å². The molecule has 0 aromatic heterocycles. The van der Waals surface area contributed by atoms with Crippen LogP contribution in [0.3, 0.4) is 0 Å². The van der Waals surface area contributed by atoms with Gasteiger partial charge in [-0.1, -0.05) is 6.08 Å². The number of carboxylic acids is 1. The maximum atomic E-state index is 11.5. The predicted octanol–water partition coefficient (Wildman–Crippen LogP) is 1.07. The maximum absolute atomic E-state index is 11.5. The first kappa shape index (κ1) is 13.5. The van der Waals surface area contributed by atoms with Gasteiger partial charge in [-0.2, -0.15) is 0 Å². The molecule has 1 atom stereocenters. The zero-order valence-electron chi connectivity index (χ0n) is 9.19. The number of aliphatic carboxylic acids is 1. The number of urea groups is 1. The van der Waals surface area contributed by atoms with Crippen molar-refractivity contribution in [2.75, 3.05) is 13.1 Å². The number of hydrogen-bond acceptors (Lipinski definition) is 2. The first-order valence-electron chi connectivity index (χ1n) is 4.95. The molecule has 0 saturated carbocycles. The summed E-state index contributed by atoms with van der Waals surface area (Å²) in [6, 6.07) is -1.25. The lowest BCUT2D eigenvalue weighted by Gasteiger charge is -2.21. The molecule has 5 nitrogen and oxygen atoms in total. The molecule has 0 heterocycles. The third kappa shape index (κ3) is 4.49. The molecule has 0 rings (SSSR count). The number of carbonyl (C=O) groups is 2. The van der Waals surface area contributed by atoms with Crippen LogP contribution in [0, 0.1) is 0 Å². The molecule has 0 bridgehead atoms. The molecule has 86 valence electrons. The van der Waals surface area contributed by atoms with E-state index in [1.165, 1.54) is 11.0 Å². The minimum Gasteiger partial charge on any atom is -0.480 e. The number of amides is 2. The summed E-state index contributed by atoms with van der Waals surface area (Å²) >= 11 is 0. The van der Waals surface area contributed by atoms with E-state index in [2.05, 4.69) is 11.9 Å². The number of hydrogen-bond donors (Lipinski definition) is 2. The van der Waals surface area contributed by atoms with Crippen molar-refractivity contribution in [3.63, 3.8) is 0 Å². The molecule has 15 heavy (non-hydrogen) atoms. The fourth-order valence-corrected chi connectivity index (χ4v) is 1.14. The van der Waals surface area contributed by atoms with E-state index in [9.17, 15) is 9.59 Å². The Morgan fingerprint density at radius 1 is 1.47 bits per heavy atom. The summed E-state index contributed by atoms with van der Waals surface area (Å²) in [5.74, 6) is -1.05. The van der Waals surface area contributed by atoms with Crippen molar-refractivity contribution in [1.82, 2.24) is 10.2 Å². The van der Waals surface area contributed by atoms with Gasteiger partial charge in [0.15, 0.2) is 0 Å². The summed E-state index contributed by atoms with van der Waals surface area (Å²) in [6.07, 6.45) is 1.70. The number of nitrogens with zero attached hydrogens (tertiary/aromatic N) is 1. The molecule has 2 N–H and O–H groups in total. The third-order valence-corrected chi connectivity index (χ3v) is 2.05. The predicted molar refractivity (Wildman–Crippen MR) is 57.7 cm³/mol. The van der Waals surface area contributed by atoms with Crippen molar-refractivity contribution in [3.05, 3.63) is 12.7 Å². The molecule has 0 fully saturated rings. The van der Waals surface area contributed by atoms with E-state index < -0.39 is 12.0 Å². The summed E-state index contributed by atoms with van der Waals surface area (Å²) in [5, 5.41) is 11.2. The van der Waals surface area contributed by atoms with Crippen LogP contribution in [0.5, 0.6) is 0 Å². The summed E-state index contributed by atoms with van der Waals surface area (Å²) < 4.78 is 0. The summed E-state index contributed by atoms with van der Waals surface area (Å²) in [7, 11) is 0. The van der Waals surface area contributed by atoms with Crippen LogP contribution in [0.1, 0.15) is 20.3 Å². The average Bonchev–Trinajstić information content (AvgIpc) is 2.18. The largest absolute Gasteiger partial charge is 0.480 e. The Kier molecular flexibility index (Phi) is 6.17. The van der Waals surface area contributed by atoms with Gasteiger partial charge in [0.05, 0.1) is 0 Å². The second-order valence-electron chi connectivity index (χ2n) is 3.04. The first-order chi connectivity index (χ1) is 7.06. The third-order valence-electron chi connectivity index (χ3n) is 2.05. The van der Waals surface area contributed by atoms with Crippen molar-refractivity contribution >= 4 is 12.0 Å². The molecule has 0 aliphatic carbocycles. The van der Waals surface area contributed by atoms with Crippen molar-refractivity contribution in [3.8, 4) is 0 Å². The Balaban J connectivity index is 4.33. The number of rotatable bonds is 6. The van der Waals surface area contributed by atoms with E-state index in [0.29, 0.717) is 13.1 Å². The molecule has 0 aromatic carbocycles. The zero-order valence-corrected chi connectivity index (χ0v) is 9.19. The van der Waals surface area contributed by atoms with Gasteiger partial charge in [0.1, 0.15) is 6.04 Å². The SMILES string of the molecule is C=CCC(NC(=O)N(CC)CC)C(=O)O. The molecule has 0 radical (unpaired) electrons. The van der Waals surface area contributed by atoms with Crippen molar-refractivity contribution in [1.29, 1.82) is 0 Å². The zero-order chi connectivity index (χ0) is 11.8. The highest BCUT2D eigenvalue weighted by atomic mass is 16.4. The molecule has 0 saturated heterocycles. The molecular formula is C10H18N2O3.